The van der Waals surface area contributed by atoms with E-state index in [-0.39, 0.29) is 0 Å². The topological polar surface area (TPSA) is 42.0 Å². The van der Waals surface area contributed by atoms with Crippen LogP contribution in [0.1, 0.15) is 33.9 Å². The summed E-state index contributed by atoms with van der Waals surface area (Å²) in [6.07, 6.45) is 1.76. The van der Waals surface area contributed by atoms with Crippen LogP contribution in [0.2, 0.25) is 0 Å². The first-order valence-corrected chi connectivity index (χ1v) is 11.6. The lowest BCUT2D eigenvalue weighted by Gasteiger charge is -2.39. The van der Waals surface area contributed by atoms with E-state index in [2.05, 4.69) is 70.5 Å². The largest absolute Gasteiger partial charge is 0.493 e. The van der Waals surface area contributed by atoms with Gasteiger partial charge in [0.25, 0.3) is 0 Å². The number of carbonyl (C=O) groups excluding carboxylic acids is 1. The molecule has 5 heteroatoms. The summed E-state index contributed by atoms with van der Waals surface area (Å²) in [5.41, 5.74) is 3.28. The Bertz CT molecular complexity index is 963. The zero-order chi connectivity index (χ0) is 22.9. The second kappa shape index (κ2) is 11.6. The van der Waals surface area contributed by atoms with Crippen LogP contribution < -0.4 is 9.47 Å². The summed E-state index contributed by atoms with van der Waals surface area (Å²) >= 11 is 0. The van der Waals surface area contributed by atoms with Gasteiger partial charge in [-0.15, -0.1) is 0 Å². The number of hydrogen-bond acceptors (Lipinski definition) is 5. The van der Waals surface area contributed by atoms with Gasteiger partial charge in [-0.3, -0.25) is 9.69 Å². The van der Waals surface area contributed by atoms with E-state index in [9.17, 15) is 4.79 Å². The van der Waals surface area contributed by atoms with Crippen LogP contribution in [0.15, 0.2) is 78.9 Å². The zero-order valence-corrected chi connectivity index (χ0v) is 19.2. The minimum absolute atomic E-state index is 0.291. The quantitative estimate of drug-likeness (QED) is 0.335. The highest BCUT2D eigenvalue weighted by atomic mass is 16.5. The molecule has 1 fully saturated rings. The highest BCUT2D eigenvalue weighted by Gasteiger charge is 2.26. The van der Waals surface area contributed by atoms with Crippen molar-refractivity contribution in [1.29, 1.82) is 0 Å². The van der Waals surface area contributed by atoms with Crippen molar-refractivity contribution in [3.63, 3.8) is 0 Å². The summed E-state index contributed by atoms with van der Waals surface area (Å²) in [4.78, 5) is 16.1. The van der Waals surface area contributed by atoms with E-state index in [1.807, 2.05) is 0 Å². The highest BCUT2D eigenvalue weighted by molar-refractivity contribution is 5.76. The van der Waals surface area contributed by atoms with Crippen molar-refractivity contribution in [2.45, 2.75) is 12.5 Å². The number of nitrogens with zero attached hydrogens (tertiary/aromatic N) is 2. The second-order valence-electron chi connectivity index (χ2n) is 8.33. The fourth-order valence-corrected chi connectivity index (χ4v) is 4.48. The molecule has 1 aliphatic rings. The van der Waals surface area contributed by atoms with Crippen LogP contribution in [0.25, 0.3) is 0 Å². The molecule has 0 radical (unpaired) electrons. The third-order valence-corrected chi connectivity index (χ3v) is 6.20. The molecule has 3 aromatic carbocycles. The van der Waals surface area contributed by atoms with Gasteiger partial charge in [-0.2, -0.15) is 0 Å². The first-order valence-electron chi connectivity index (χ1n) is 11.6. The Morgan fingerprint density at radius 2 is 1.48 bits per heavy atom. The number of rotatable bonds is 10. The van der Waals surface area contributed by atoms with Crippen LogP contribution in [0.4, 0.5) is 0 Å². The molecule has 0 N–H and O–H groups in total. The summed E-state index contributed by atoms with van der Waals surface area (Å²) in [5.74, 6) is 1.28. The Balaban J connectivity index is 1.28. The van der Waals surface area contributed by atoms with Crippen molar-refractivity contribution < 1.29 is 14.3 Å². The van der Waals surface area contributed by atoms with Crippen molar-refractivity contribution in [3.8, 4) is 11.5 Å². The van der Waals surface area contributed by atoms with Crippen LogP contribution in [-0.4, -0.2) is 62.5 Å². The molecule has 0 aliphatic carbocycles. The van der Waals surface area contributed by atoms with Crippen LogP contribution >= 0.6 is 0 Å². The van der Waals surface area contributed by atoms with Gasteiger partial charge in [0.2, 0.25) is 0 Å². The number of carbonyl (C=O) groups is 1. The number of ether oxygens (including phenoxy) is 2. The molecule has 0 atom stereocenters. The second-order valence-corrected chi connectivity index (χ2v) is 8.33. The van der Waals surface area contributed by atoms with Gasteiger partial charge in [0.15, 0.2) is 11.5 Å². The smallest absolute Gasteiger partial charge is 0.161 e. The van der Waals surface area contributed by atoms with Crippen molar-refractivity contribution in [2.24, 2.45) is 0 Å². The fraction of sp³-hybridized carbons (Fsp3) is 0.321. The number of benzene rings is 3. The van der Waals surface area contributed by atoms with E-state index >= 15 is 0 Å². The zero-order valence-electron chi connectivity index (χ0n) is 19.2. The van der Waals surface area contributed by atoms with Gasteiger partial charge >= 0.3 is 0 Å². The number of hydrogen-bond donors (Lipinski definition) is 0. The van der Waals surface area contributed by atoms with E-state index in [4.69, 9.17) is 9.47 Å². The van der Waals surface area contributed by atoms with Crippen molar-refractivity contribution in [3.05, 3.63) is 95.6 Å². The maximum Gasteiger partial charge on any atom is 0.161 e. The normalized spacial score (nSPS) is 14.8. The molecule has 1 heterocycles. The van der Waals surface area contributed by atoms with E-state index in [1.165, 1.54) is 11.1 Å². The number of aldehydes is 1. The maximum absolute atomic E-state index is 10.9. The van der Waals surface area contributed by atoms with Gasteiger partial charge in [-0.25, -0.2) is 0 Å². The predicted molar refractivity (Wildman–Crippen MR) is 131 cm³/mol. The molecule has 172 valence electrons. The predicted octanol–water partition coefficient (Wildman–Crippen LogP) is 4.68. The van der Waals surface area contributed by atoms with Crippen LogP contribution in [-0.2, 0) is 0 Å². The van der Waals surface area contributed by atoms with Gasteiger partial charge in [0.1, 0.15) is 6.29 Å². The molecule has 0 bridgehead atoms. The van der Waals surface area contributed by atoms with Gasteiger partial charge in [-0.1, -0.05) is 60.7 Å². The van der Waals surface area contributed by atoms with Gasteiger partial charge in [-0.05, 0) is 35.7 Å². The Hall–Kier alpha value is -3.15. The summed E-state index contributed by atoms with van der Waals surface area (Å²) in [6, 6.07) is 27.2. The molecule has 4 rings (SSSR count). The fourth-order valence-electron chi connectivity index (χ4n) is 4.48. The monoisotopic (exact) mass is 444 g/mol. The van der Waals surface area contributed by atoms with Crippen molar-refractivity contribution in [2.75, 3.05) is 46.4 Å². The van der Waals surface area contributed by atoms with E-state index < -0.39 is 0 Å². The Morgan fingerprint density at radius 1 is 0.848 bits per heavy atom. The molecule has 0 unspecified atom stereocenters. The van der Waals surface area contributed by atoms with Crippen LogP contribution in [0.5, 0.6) is 11.5 Å². The first-order chi connectivity index (χ1) is 16.3. The summed E-state index contributed by atoms with van der Waals surface area (Å²) < 4.78 is 11.3. The Kier molecular flexibility index (Phi) is 8.12. The summed E-state index contributed by atoms with van der Waals surface area (Å²) in [5, 5.41) is 0. The Labute approximate surface area is 196 Å². The van der Waals surface area contributed by atoms with E-state index in [0.29, 0.717) is 29.7 Å². The average Bonchev–Trinajstić information content (AvgIpc) is 2.89. The lowest BCUT2D eigenvalue weighted by molar-refractivity contribution is 0.105. The molecular formula is C28H32N2O3. The Morgan fingerprint density at radius 3 is 2.06 bits per heavy atom. The van der Waals surface area contributed by atoms with Gasteiger partial charge in [0, 0.05) is 38.3 Å². The molecule has 33 heavy (non-hydrogen) atoms. The summed E-state index contributed by atoms with van der Waals surface area (Å²) in [6.45, 7) is 5.80. The molecule has 5 nitrogen and oxygen atoms in total. The number of piperazine rings is 1. The average molecular weight is 445 g/mol. The minimum atomic E-state index is 0.291. The molecule has 1 aliphatic heterocycles. The highest BCUT2D eigenvalue weighted by Crippen LogP contribution is 2.30. The molecule has 0 aromatic heterocycles. The van der Waals surface area contributed by atoms with Crippen molar-refractivity contribution >= 4 is 6.29 Å². The van der Waals surface area contributed by atoms with Crippen molar-refractivity contribution in [1.82, 2.24) is 9.80 Å². The lowest BCUT2D eigenvalue weighted by Crippen LogP contribution is -2.48. The molecule has 0 amide bonds. The summed E-state index contributed by atoms with van der Waals surface area (Å²) in [7, 11) is 1.59. The van der Waals surface area contributed by atoms with Crippen LogP contribution in [0, 0.1) is 0 Å². The van der Waals surface area contributed by atoms with E-state index in [0.717, 1.165) is 45.4 Å². The third-order valence-electron chi connectivity index (χ3n) is 6.20. The molecular weight excluding hydrogens is 412 g/mol. The maximum atomic E-state index is 10.9. The van der Waals surface area contributed by atoms with Crippen LogP contribution in [0.3, 0.4) is 0 Å². The SMILES string of the molecule is COc1cc(C=O)ccc1OCCCN1CCN(C(c2ccccc2)c2ccccc2)CC1. The molecule has 1 saturated heterocycles. The molecule has 0 saturated carbocycles. The number of methoxy groups -OCH3 is 1. The first kappa shape index (κ1) is 23.0. The van der Waals surface area contributed by atoms with Gasteiger partial charge < -0.3 is 14.4 Å². The lowest BCUT2D eigenvalue weighted by atomic mass is 9.96. The minimum Gasteiger partial charge on any atom is -0.493 e. The van der Waals surface area contributed by atoms with Gasteiger partial charge in [0.05, 0.1) is 19.8 Å². The third kappa shape index (κ3) is 6.01. The molecule has 0 spiro atoms. The standard InChI is InChI=1S/C28H32N2O3/c1-32-27-21-23(22-31)13-14-26(27)33-20-8-15-29-16-18-30(19-17-29)28(24-9-4-2-5-10-24)25-11-6-3-7-12-25/h2-7,9-14,21-22,28H,8,15-20H2,1H3. The molecule has 3 aromatic rings. The van der Waals surface area contributed by atoms with E-state index in [1.54, 1.807) is 25.3 Å².